The van der Waals surface area contributed by atoms with Crippen molar-refractivity contribution in [2.24, 2.45) is 5.16 Å². The van der Waals surface area contributed by atoms with Crippen LogP contribution >= 0.6 is 11.6 Å². The van der Waals surface area contributed by atoms with E-state index in [1.54, 1.807) is 29.7 Å². The molecule has 0 aliphatic carbocycles. The number of rotatable bonds is 7. The summed E-state index contributed by atoms with van der Waals surface area (Å²) in [6.07, 6.45) is -3.48. The van der Waals surface area contributed by atoms with Crippen molar-refractivity contribution in [2.45, 2.75) is 26.1 Å². The Bertz CT molecular complexity index is 1330. The van der Waals surface area contributed by atoms with Crippen LogP contribution in [0.25, 0.3) is 10.9 Å². The lowest BCUT2D eigenvalue weighted by Crippen LogP contribution is -2.15. The maximum atomic E-state index is 15.0. The van der Waals surface area contributed by atoms with Crippen molar-refractivity contribution in [1.82, 2.24) is 4.57 Å². The summed E-state index contributed by atoms with van der Waals surface area (Å²) in [6, 6.07) is 7.92. The van der Waals surface area contributed by atoms with Gasteiger partial charge < -0.3 is 9.40 Å². The summed E-state index contributed by atoms with van der Waals surface area (Å²) in [4.78, 5) is 4.88. The number of benzene rings is 2. The van der Waals surface area contributed by atoms with Crippen molar-refractivity contribution in [3.05, 3.63) is 69.6 Å². The van der Waals surface area contributed by atoms with Gasteiger partial charge in [0.05, 0.1) is 21.9 Å². The predicted molar refractivity (Wildman–Crippen MR) is 120 cm³/mol. The van der Waals surface area contributed by atoms with Crippen LogP contribution in [0.15, 0.2) is 41.6 Å². The molecular formula is C22H21ClF4N2O3S. The average Bonchev–Trinajstić information content (AvgIpc) is 2.98. The minimum atomic E-state index is -4.89. The highest BCUT2D eigenvalue weighted by Crippen LogP contribution is 2.36. The van der Waals surface area contributed by atoms with Crippen LogP contribution in [0.3, 0.4) is 0 Å². The van der Waals surface area contributed by atoms with Crippen LogP contribution < -0.4 is 0 Å². The third-order valence-electron chi connectivity index (χ3n) is 5.17. The predicted octanol–water partition coefficient (Wildman–Crippen LogP) is 5.59. The molecule has 3 aromatic rings. The van der Waals surface area contributed by atoms with Crippen molar-refractivity contribution in [3.8, 4) is 0 Å². The third kappa shape index (κ3) is 5.16. The lowest BCUT2D eigenvalue weighted by molar-refractivity contribution is -0.140. The molecule has 0 N–H and O–H groups in total. The zero-order valence-electron chi connectivity index (χ0n) is 18.0. The zero-order valence-corrected chi connectivity index (χ0v) is 19.6. The van der Waals surface area contributed by atoms with E-state index in [0.29, 0.717) is 33.2 Å². The number of halogens is 5. The topological polar surface area (TPSA) is 60.7 Å². The van der Waals surface area contributed by atoms with Gasteiger partial charge in [-0.25, -0.2) is 12.8 Å². The smallest absolute Gasteiger partial charge is 0.399 e. The summed E-state index contributed by atoms with van der Waals surface area (Å²) in [5.41, 5.74) is -0.531. The van der Waals surface area contributed by atoms with Crippen molar-refractivity contribution in [3.63, 3.8) is 0 Å². The number of para-hydroxylation sites is 1. The van der Waals surface area contributed by atoms with Crippen LogP contribution in [-0.2, 0) is 27.4 Å². The van der Waals surface area contributed by atoms with Gasteiger partial charge in [0, 0.05) is 35.0 Å². The molecule has 3 rings (SSSR count). The van der Waals surface area contributed by atoms with Crippen LogP contribution in [0.5, 0.6) is 0 Å². The largest absolute Gasteiger partial charge is 0.419 e. The van der Waals surface area contributed by atoms with Gasteiger partial charge in [0.15, 0.2) is 0 Å². The van der Waals surface area contributed by atoms with Gasteiger partial charge >= 0.3 is 6.18 Å². The second-order valence-electron chi connectivity index (χ2n) is 7.52. The first-order valence-corrected chi connectivity index (χ1v) is 12.2. The van der Waals surface area contributed by atoms with Gasteiger partial charge in [-0.1, -0.05) is 35.0 Å². The number of sulfone groups is 1. The number of hydrogen-bond donors (Lipinski definition) is 0. The summed E-state index contributed by atoms with van der Waals surface area (Å²) in [6.45, 7) is 1.95. The number of alkyl halides is 3. The number of aryl methyl sites for hydroxylation is 1. The normalized spacial score (nSPS) is 13.0. The van der Waals surface area contributed by atoms with Crippen LogP contribution in [0, 0.1) is 12.7 Å². The summed E-state index contributed by atoms with van der Waals surface area (Å²) >= 11 is 6.43. The first-order chi connectivity index (χ1) is 15.4. The third-order valence-corrected chi connectivity index (χ3v) is 6.50. The molecule has 0 aliphatic heterocycles. The molecule has 0 saturated carbocycles. The molecule has 11 heteroatoms. The van der Waals surface area contributed by atoms with E-state index in [2.05, 4.69) is 5.16 Å². The van der Waals surface area contributed by atoms with Gasteiger partial charge in [-0.3, -0.25) is 0 Å². The molecule has 0 saturated heterocycles. The van der Waals surface area contributed by atoms with Crippen LogP contribution in [0.2, 0.25) is 5.02 Å². The second-order valence-corrected chi connectivity index (χ2v) is 10.2. The Labute approximate surface area is 193 Å². The van der Waals surface area contributed by atoms with Crippen molar-refractivity contribution >= 4 is 38.1 Å². The van der Waals surface area contributed by atoms with E-state index in [1.165, 1.54) is 13.2 Å². The number of aromatic nitrogens is 1. The monoisotopic (exact) mass is 504 g/mol. The maximum absolute atomic E-state index is 15.0. The van der Waals surface area contributed by atoms with E-state index in [4.69, 9.17) is 16.4 Å². The molecular weight excluding hydrogens is 484 g/mol. The first-order valence-electron chi connectivity index (χ1n) is 9.79. The van der Waals surface area contributed by atoms with E-state index >= 15 is 4.39 Å². The van der Waals surface area contributed by atoms with Crippen LogP contribution in [-0.4, -0.2) is 37.8 Å². The van der Waals surface area contributed by atoms with Gasteiger partial charge in [0.2, 0.25) is 0 Å². The lowest BCUT2D eigenvalue weighted by atomic mass is 9.97. The highest BCUT2D eigenvalue weighted by molar-refractivity contribution is 7.90. The molecule has 0 amide bonds. The molecule has 0 radical (unpaired) electrons. The van der Waals surface area contributed by atoms with Gasteiger partial charge in [0.25, 0.3) is 0 Å². The first kappa shape index (κ1) is 25.0. The summed E-state index contributed by atoms with van der Waals surface area (Å²) in [7, 11) is -1.99. The van der Waals surface area contributed by atoms with Crippen molar-refractivity contribution < 1.29 is 30.8 Å². The summed E-state index contributed by atoms with van der Waals surface area (Å²) < 4.78 is 79.9. The Morgan fingerprint density at radius 2 is 1.85 bits per heavy atom. The minimum absolute atomic E-state index is 0.0623. The standard InChI is InChI=1S/C22H21ClF4N2O3S/c1-13-18(20(28-32-2)15-8-4-9-16(19(15)24)22(25,26)27)14-7-5-10-17(23)21(14)29(13)11-6-12-33(3,30)31/h4-5,7-10H,6,11-12H2,1-3H3/b28-20-. The number of nitrogens with zero attached hydrogens (tertiary/aromatic N) is 2. The summed E-state index contributed by atoms with van der Waals surface area (Å²) in [5.74, 6) is -1.53. The fourth-order valence-electron chi connectivity index (χ4n) is 3.81. The van der Waals surface area contributed by atoms with Gasteiger partial charge in [-0.2, -0.15) is 13.2 Å². The Morgan fingerprint density at radius 3 is 2.45 bits per heavy atom. The Morgan fingerprint density at radius 1 is 1.18 bits per heavy atom. The average molecular weight is 505 g/mol. The molecule has 2 aromatic carbocycles. The Balaban J connectivity index is 2.27. The van der Waals surface area contributed by atoms with Gasteiger partial charge in [-0.15, -0.1) is 0 Å². The number of oxime groups is 1. The van der Waals surface area contributed by atoms with Crippen LogP contribution in [0.1, 0.15) is 28.8 Å². The SMILES string of the molecule is CO/N=C(/c1cccc(C(F)(F)F)c1F)c1c(C)n(CCCS(C)(=O)=O)c2c(Cl)cccc12. The fourth-order valence-corrected chi connectivity index (χ4v) is 4.74. The Kier molecular flexibility index (Phi) is 7.09. The highest BCUT2D eigenvalue weighted by Gasteiger charge is 2.36. The second kappa shape index (κ2) is 9.34. The molecule has 1 aromatic heterocycles. The molecule has 0 aliphatic rings. The van der Waals surface area contributed by atoms with E-state index < -0.39 is 27.4 Å². The molecule has 5 nitrogen and oxygen atoms in total. The fraction of sp³-hybridized carbons (Fsp3) is 0.318. The van der Waals surface area contributed by atoms with Crippen molar-refractivity contribution in [2.75, 3.05) is 19.1 Å². The minimum Gasteiger partial charge on any atom is -0.399 e. The highest BCUT2D eigenvalue weighted by atomic mass is 35.5. The number of hydrogen-bond acceptors (Lipinski definition) is 4. The van der Waals surface area contributed by atoms with Gasteiger partial charge in [0.1, 0.15) is 28.5 Å². The van der Waals surface area contributed by atoms with E-state index in [9.17, 15) is 21.6 Å². The lowest BCUT2D eigenvalue weighted by Gasteiger charge is -2.13. The molecule has 0 unspecified atom stereocenters. The molecule has 0 spiro atoms. The zero-order chi connectivity index (χ0) is 24.6. The van der Waals surface area contributed by atoms with Gasteiger partial charge in [-0.05, 0) is 31.5 Å². The van der Waals surface area contributed by atoms with Crippen molar-refractivity contribution in [1.29, 1.82) is 0 Å². The summed E-state index contributed by atoms with van der Waals surface area (Å²) in [5, 5.41) is 4.75. The molecule has 1 heterocycles. The quantitative estimate of drug-likeness (QED) is 0.239. The molecule has 33 heavy (non-hydrogen) atoms. The maximum Gasteiger partial charge on any atom is 0.419 e. The Hall–Kier alpha value is -2.59. The molecule has 0 atom stereocenters. The molecule has 0 bridgehead atoms. The molecule has 0 fully saturated rings. The van der Waals surface area contributed by atoms with E-state index in [-0.39, 0.29) is 30.0 Å². The number of fused-ring (bicyclic) bond motifs is 1. The van der Waals surface area contributed by atoms with Crippen LogP contribution in [0.4, 0.5) is 17.6 Å². The van der Waals surface area contributed by atoms with E-state index in [1.807, 2.05) is 0 Å². The van der Waals surface area contributed by atoms with E-state index in [0.717, 1.165) is 12.3 Å². The molecule has 178 valence electrons.